The molecule has 1 aromatic heterocycles. The van der Waals surface area contributed by atoms with Gasteiger partial charge in [0.15, 0.2) is 16.8 Å². The monoisotopic (exact) mass is 466 g/mol. The number of carbonyl (C=O) groups is 1. The van der Waals surface area contributed by atoms with E-state index >= 15 is 0 Å². The lowest BCUT2D eigenvalue weighted by Gasteiger charge is -2.16. The topological polar surface area (TPSA) is 78.3 Å². The van der Waals surface area contributed by atoms with Crippen molar-refractivity contribution in [1.82, 2.24) is 14.8 Å². The van der Waals surface area contributed by atoms with Crippen molar-refractivity contribution in [2.45, 2.75) is 51.0 Å². The largest absolute Gasteiger partial charge is 0.497 e. The molecule has 4 rings (SSSR count). The van der Waals surface area contributed by atoms with E-state index in [4.69, 9.17) is 9.47 Å². The van der Waals surface area contributed by atoms with Gasteiger partial charge in [-0.15, -0.1) is 10.2 Å². The van der Waals surface area contributed by atoms with Crippen LogP contribution in [-0.4, -0.2) is 46.1 Å². The summed E-state index contributed by atoms with van der Waals surface area (Å²) in [4.78, 5) is 12.7. The Morgan fingerprint density at radius 1 is 1.21 bits per heavy atom. The molecular weight excluding hydrogens is 436 g/mol. The minimum Gasteiger partial charge on any atom is -0.497 e. The molecule has 2 heterocycles. The van der Waals surface area contributed by atoms with Gasteiger partial charge in [0.1, 0.15) is 5.75 Å². The van der Waals surface area contributed by atoms with Crippen LogP contribution in [0.2, 0.25) is 0 Å². The third-order valence-electron chi connectivity index (χ3n) is 5.77. The highest BCUT2D eigenvalue weighted by atomic mass is 32.2. The number of anilines is 1. The molecule has 0 saturated carbocycles. The van der Waals surface area contributed by atoms with Gasteiger partial charge in [-0.2, -0.15) is 0 Å². The fraction of sp³-hybridized carbons (Fsp3) is 0.400. The quantitative estimate of drug-likeness (QED) is 0.344. The molecule has 1 saturated heterocycles. The number of rotatable bonds is 10. The Bertz CT molecular complexity index is 1090. The summed E-state index contributed by atoms with van der Waals surface area (Å²) in [6.45, 7) is 6.22. The Labute approximate surface area is 198 Å². The fourth-order valence-electron chi connectivity index (χ4n) is 3.91. The first-order valence-corrected chi connectivity index (χ1v) is 12.2. The van der Waals surface area contributed by atoms with Crippen molar-refractivity contribution >= 4 is 23.2 Å². The number of thioether (sulfide) groups is 1. The highest BCUT2D eigenvalue weighted by Gasteiger charge is 2.22. The van der Waals surface area contributed by atoms with E-state index in [1.165, 1.54) is 22.9 Å². The molecule has 33 heavy (non-hydrogen) atoms. The molecule has 3 aromatic rings. The third-order valence-corrected chi connectivity index (χ3v) is 6.73. The molecular formula is C25H30N4O3S. The standard InChI is InChI=1S/C25H30N4O3S/c1-17-6-11-22(18(2)13-17)26-14-24-27-28-25(29(24)15-21-5-4-12-32-21)33-16-23(30)19-7-9-20(31-3)10-8-19/h6-11,13,21,26H,4-5,12,14-16H2,1-3H3/t21-/m1/s1. The minimum absolute atomic E-state index is 0.0456. The SMILES string of the molecule is COc1ccc(C(=O)CSc2nnc(CNc3ccc(C)cc3C)n2C[C@H]2CCCO2)cc1. The first kappa shape index (κ1) is 23.3. The van der Waals surface area contributed by atoms with Gasteiger partial charge in [-0.3, -0.25) is 4.79 Å². The number of methoxy groups -OCH3 is 1. The van der Waals surface area contributed by atoms with Crippen molar-refractivity contribution < 1.29 is 14.3 Å². The van der Waals surface area contributed by atoms with Gasteiger partial charge in [0.05, 0.1) is 32.1 Å². The van der Waals surface area contributed by atoms with Gasteiger partial charge in [0.25, 0.3) is 0 Å². The zero-order valence-corrected chi connectivity index (χ0v) is 20.2. The van der Waals surface area contributed by atoms with Crippen LogP contribution in [0, 0.1) is 13.8 Å². The Kier molecular flexibility index (Phi) is 7.67. The van der Waals surface area contributed by atoms with Crippen LogP contribution < -0.4 is 10.1 Å². The second kappa shape index (κ2) is 10.9. The van der Waals surface area contributed by atoms with Crippen molar-refractivity contribution in [1.29, 1.82) is 0 Å². The first-order chi connectivity index (χ1) is 16.0. The second-order valence-corrected chi connectivity index (χ2v) is 9.20. The molecule has 1 aliphatic rings. The van der Waals surface area contributed by atoms with Crippen molar-refractivity contribution in [3.63, 3.8) is 0 Å². The number of Topliss-reactive ketones (excluding diaryl/α,β-unsaturated/α-hetero) is 1. The van der Waals surface area contributed by atoms with Crippen LogP contribution >= 0.6 is 11.8 Å². The van der Waals surface area contributed by atoms with Gasteiger partial charge in [0.2, 0.25) is 0 Å². The van der Waals surface area contributed by atoms with Gasteiger partial charge in [0, 0.05) is 17.9 Å². The molecule has 1 N–H and O–H groups in total. The van der Waals surface area contributed by atoms with Crippen LogP contribution in [-0.2, 0) is 17.8 Å². The minimum atomic E-state index is 0.0456. The molecule has 0 spiro atoms. The lowest BCUT2D eigenvalue weighted by Crippen LogP contribution is -2.19. The normalized spacial score (nSPS) is 15.5. The van der Waals surface area contributed by atoms with E-state index in [1.54, 1.807) is 31.4 Å². The number of aromatic nitrogens is 3. The Morgan fingerprint density at radius 3 is 2.73 bits per heavy atom. The smallest absolute Gasteiger partial charge is 0.191 e. The zero-order chi connectivity index (χ0) is 23.2. The van der Waals surface area contributed by atoms with Crippen molar-refractivity contribution in [2.24, 2.45) is 0 Å². The van der Waals surface area contributed by atoms with Crippen LogP contribution in [0.3, 0.4) is 0 Å². The number of hydrogen-bond acceptors (Lipinski definition) is 7. The predicted octanol–water partition coefficient (Wildman–Crippen LogP) is 4.67. The van der Waals surface area contributed by atoms with Crippen LogP contribution in [0.5, 0.6) is 5.75 Å². The summed E-state index contributed by atoms with van der Waals surface area (Å²) in [6, 6.07) is 13.5. The summed E-state index contributed by atoms with van der Waals surface area (Å²) in [5.41, 5.74) is 4.17. The number of ether oxygens (including phenoxy) is 2. The summed E-state index contributed by atoms with van der Waals surface area (Å²) in [5, 5.41) is 13.1. The number of benzene rings is 2. The van der Waals surface area contributed by atoms with Crippen LogP contribution in [0.15, 0.2) is 47.6 Å². The maximum Gasteiger partial charge on any atom is 0.191 e. The Hall–Kier alpha value is -2.84. The molecule has 0 aliphatic carbocycles. The van der Waals surface area contributed by atoms with Crippen molar-refractivity contribution in [3.8, 4) is 5.75 Å². The Balaban J connectivity index is 1.46. The van der Waals surface area contributed by atoms with Crippen LogP contribution in [0.25, 0.3) is 0 Å². The van der Waals surface area contributed by atoms with E-state index in [2.05, 4.69) is 52.1 Å². The van der Waals surface area contributed by atoms with Crippen LogP contribution in [0.1, 0.15) is 40.2 Å². The highest BCUT2D eigenvalue weighted by molar-refractivity contribution is 7.99. The maximum absolute atomic E-state index is 12.7. The lowest BCUT2D eigenvalue weighted by atomic mass is 10.1. The van der Waals surface area contributed by atoms with Gasteiger partial charge >= 0.3 is 0 Å². The molecule has 174 valence electrons. The summed E-state index contributed by atoms with van der Waals surface area (Å²) in [6.07, 6.45) is 2.25. The van der Waals surface area contributed by atoms with Crippen molar-refractivity contribution in [3.05, 3.63) is 65.0 Å². The number of aryl methyl sites for hydroxylation is 2. The summed E-state index contributed by atoms with van der Waals surface area (Å²) in [7, 11) is 1.61. The van der Waals surface area contributed by atoms with E-state index in [0.717, 1.165) is 41.9 Å². The second-order valence-electron chi connectivity index (χ2n) is 8.26. The summed E-state index contributed by atoms with van der Waals surface area (Å²) < 4.78 is 13.1. The van der Waals surface area contributed by atoms with E-state index < -0.39 is 0 Å². The molecule has 0 amide bonds. The molecule has 8 heteroatoms. The van der Waals surface area contributed by atoms with Crippen LogP contribution in [0.4, 0.5) is 5.69 Å². The maximum atomic E-state index is 12.7. The van der Waals surface area contributed by atoms with Gasteiger partial charge in [-0.05, 0) is 62.6 Å². The Morgan fingerprint density at radius 2 is 2.03 bits per heavy atom. The molecule has 7 nitrogen and oxygen atoms in total. The first-order valence-electron chi connectivity index (χ1n) is 11.2. The third kappa shape index (κ3) is 5.94. The van der Waals surface area contributed by atoms with Gasteiger partial charge in [-0.25, -0.2) is 0 Å². The number of nitrogens with zero attached hydrogens (tertiary/aromatic N) is 3. The number of nitrogens with one attached hydrogen (secondary N) is 1. The fourth-order valence-corrected chi connectivity index (χ4v) is 4.77. The summed E-state index contributed by atoms with van der Waals surface area (Å²) in [5.74, 6) is 1.91. The van der Waals surface area contributed by atoms with Gasteiger partial charge in [-0.1, -0.05) is 29.5 Å². The van der Waals surface area contributed by atoms with E-state index in [0.29, 0.717) is 24.4 Å². The number of carbonyl (C=O) groups excluding carboxylic acids is 1. The molecule has 2 aromatic carbocycles. The lowest BCUT2D eigenvalue weighted by molar-refractivity contribution is 0.0942. The summed E-state index contributed by atoms with van der Waals surface area (Å²) >= 11 is 1.42. The average Bonchev–Trinajstić information content (AvgIpc) is 3.47. The van der Waals surface area contributed by atoms with E-state index in [9.17, 15) is 4.79 Å². The predicted molar refractivity (Wildman–Crippen MR) is 130 cm³/mol. The molecule has 1 atom stereocenters. The molecule has 0 unspecified atom stereocenters. The number of hydrogen-bond donors (Lipinski definition) is 1. The van der Waals surface area contributed by atoms with Gasteiger partial charge < -0.3 is 19.4 Å². The highest BCUT2D eigenvalue weighted by Crippen LogP contribution is 2.24. The van der Waals surface area contributed by atoms with E-state index in [1.807, 2.05) is 0 Å². The average molecular weight is 467 g/mol. The van der Waals surface area contributed by atoms with E-state index in [-0.39, 0.29) is 11.9 Å². The molecule has 1 aliphatic heterocycles. The number of ketones is 1. The molecule has 0 bridgehead atoms. The zero-order valence-electron chi connectivity index (χ0n) is 19.3. The molecule has 0 radical (unpaired) electrons. The van der Waals surface area contributed by atoms with Crippen molar-refractivity contribution in [2.75, 3.05) is 24.8 Å². The molecule has 1 fully saturated rings.